The number of nitrogens with one attached hydrogen (secondary N) is 2. The molecule has 0 aliphatic carbocycles. The number of nitrogens with zero attached hydrogens (tertiary/aromatic N) is 1. The molecule has 30 heavy (non-hydrogen) atoms. The molecule has 0 saturated heterocycles. The van der Waals surface area contributed by atoms with Crippen molar-refractivity contribution in [2.75, 3.05) is 24.2 Å². The van der Waals surface area contributed by atoms with Crippen LogP contribution < -0.4 is 10.6 Å². The summed E-state index contributed by atoms with van der Waals surface area (Å²) in [6.45, 7) is 1.35. The van der Waals surface area contributed by atoms with Gasteiger partial charge in [0.2, 0.25) is 11.8 Å². The van der Waals surface area contributed by atoms with Gasteiger partial charge in [0, 0.05) is 5.69 Å². The molecule has 5 nitrogen and oxygen atoms in total. The molecule has 3 aromatic carbocycles. The molecule has 156 valence electrons. The Morgan fingerprint density at radius 1 is 0.933 bits per heavy atom. The maximum absolute atomic E-state index is 13.7. The van der Waals surface area contributed by atoms with Crippen molar-refractivity contribution in [1.82, 2.24) is 4.90 Å². The van der Waals surface area contributed by atoms with Crippen molar-refractivity contribution in [3.8, 4) is 0 Å². The first-order valence-corrected chi connectivity index (χ1v) is 9.19. The Kier molecular flexibility index (Phi) is 6.37. The van der Waals surface area contributed by atoms with Crippen molar-refractivity contribution < 1.29 is 22.8 Å². The van der Waals surface area contributed by atoms with E-state index < -0.39 is 35.1 Å². The molecule has 3 rings (SSSR count). The largest absolute Gasteiger partial charge is 0.325 e. The van der Waals surface area contributed by atoms with Gasteiger partial charge in [-0.15, -0.1) is 0 Å². The second kappa shape index (κ2) is 8.96. The Labute approximate surface area is 171 Å². The van der Waals surface area contributed by atoms with Crippen LogP contribution in [0.1, 0.15) is 6.92 Å². The Balaban J connectivity index is 1.60. The fourth-order valence-electron chi connectivity index (χ4n) is 2.89. The third-order valence-corrected chi connectivity index (χ3v) is 4.76. The lowest BCUT2D eigenvalue weighted by molar-refractivity contribution is -0.122. The van der Waals surface area contributed by atoms with Crippen molar-refractivity contribution >= 4 is 34.0 Å². The van der Waals surface area contributed by atoms with Gasteiger partial charge in [-0.2, -0.15) is 0 Å². The summed E-state index contributed by atoms with van der Waals surface area (Å²) >= 11 is 0. The zero-order valence-electron chi connectivity index (χ0n) is 16.4. The summed E-state index contributed by atoms with van der Waals surface area (Å²) in [4.78, 5) is 26.1. The number of anilines is 2. The molecule has 0 radical (unpaired) electrons. The number of fused-ring (bicyclic) bond motifs is 1. The van der Waals surface area contributed by atoms with E-state index in [9.17, 15) is 22.8 Å². The zero-order chi connectivity index (χ0) is 21.8. The molecule has 0 spiro atoms. The Bertz CT molecular complexity index is 1100. The molecule has 2 amide bonds. The summed E-state index contributed by atoms with van der Waals surface area (Å²) in [6.07, 6.45) is 0. The summed E-state index contributed by atoms with van der Waals surface area (Å²) in [5.74, 6) is -5.49. The van der Waals surface area contributed by atoms with Crippen LogP contribution in [0.2, 0.25) is 0 Å². The first-order valence-electron chi connectivity index (χ1n) is 9.19. The second-order valence-corrected chi connectivity index (χ2v) is 6.91. The van der Waals surface area contributed by atoms with E-state index in [1.54, 1.807) is 20.0 Å². The third kappa shape index (κ3) is 4.77. The molecule has 3 aromatic rings. The minimum Gasteiger partial charge on any atom is -0.325 e. The van der Waals surface area contributed by atoms with Gasteiger partial charge in [0.25, 0.3) is 0 Å². The number of halogens is 3. The molecule has 0 bridgehead atoms. The van der Waals surface area contributed by atoms with Crippen molar-refractivity contribution in [3.63, 3.8) is 0 Å². The summed E-state index contributed by atoms with van der Waals surface area (Å²) in [7, 11) is 1.55. The molecule has 0 aliphatic heterocycles. The number of hydrogen-bond donors (Lipinski definition) is 2. The molecule has 0 saturated carbocycles. The van der Waals surface area contributed by atoms with Crippen LogP contribution in [-0.4, -0.2) is 36.3 Å². The standard InChI is InChI=1S/C22H20F3N3O2/c1-13(22(30)26-16-8-7-14-5-3-4-6-15(14)11-16)28(2)12-19(29)27-18-10-9-17(23)20(24)21(18)25/h3-11,13H,12H2,1-2H3,(H,26,30)(H,27,29)/t13-/m0/s1. The van der Waals surface area contributed by atoms with E-state index in [0.717, 1.165) is 22.9 Å². The Hall–Kier alpha value is -3.39. The lowest BCUT2D eigenvalue weighted by atomic mass is 10.1. The van der Waals surface area contributed by atoms with E-state index >= 15 is 0 Å². The quantitative estimate of drug-likeness (QED) is 0.595. The monoisotopic (exact) mass is 415 g/mol. The van der Waals surface area contributed by atoms with Gasteiger partial charge in [-0.05, 0) is 49.0 Å². The number of amides is 2. The Morgan fingerprint density at radius 3 is 2.37 bits per heavy atom. The number of rotatable bonds is 6. The number of carbonyl (C=O) groups is 2. The van der Waals surface area contributed by atoms with Gasteiger partial charge in [-0.3, -0.25) is 14.5 Å². The molecular weight excluding hydrogens is 395 g/mol. The average molecular weight is 415 g/mol. The molecule has 0 fully saturated rings. The van der Waals surface area contributed by atoms with Gasteiger partial charge in [-0.1, -0.05) is 30.3 Å². The summed E-state index contributed by atoms with van der Waals surface area (Å²) in [6, 6.07) is 14.2. The van der Waals surface area contributed by atoms with Gasteiger partial charge >= 0.3 is 0 Å². The van der Waals surface area contributed by atoms with Crippen LogP contribution in [0.5, 0.6) is 0 Å². The van der Waals surface area contributed by atoms with Crippen LogP contribution in [0.4, 0.5) is 24.5 Å². The van der Waals surface area contributed by atoms with Crippen LogP contribution in [0.15, 0.2) is 54.6 Å². The third-order valence-electron chi connectivity index (χ3n) is 4.76. The zero-order valence-corrected chi connectivity index (χ0v) is 16.4. The molecule has 0 unspecified atom stereocenters. The topological polar surface area (TPSA) is 61.4 Å². The fraction of sp³-hybridized carbons (Fsp3) is 0.182. The van der Waals surface area contributed by atoms with Crippen LogP contribution in [0, 0.1) is 17.5 Å². The van der Waals surface area contributed by atoms with Crippen molar-refractivity contribution in [2.45, 2.75) is 13.0 Å². The summed E-state index contributed by atoms with van der Waals surface area (Å²) in [5, 5.41) is 7.00. The summed E-state index contributed by atoms with van der Waals surface area (Å²) in [5.41, 5.74) is 0.146. The highest BCUT2D eigenvalue weighted by Gasteiger charge is 2.22. The van der Waals surface area contributed by atoms with E-state index in [0.29, 0.717) is 5.69 Å². The number of likely N-dealkylation sites (N-methyl/N-ethyl adjacent to an activating group) is 1. The fourth-order valence-corrected chi connectivity index (χ4v) is 2.89. The molecular formula is C22H20F3N3O2. The van der Waals surface area contributed by atoms with Crippen LogP contribution in [0.3, 0.4) is 0 Å². The highest BCUT2D eigenvalue weighted by Crippen LogP contribution is 2.20. The van der Waals surface area contributed by atoms with Crippen LogP contribution in [0.25, 0.3) is 10.8 Å². The molecule has 2 N–H and O–H groups in total. The lowest BCUT2D eigenvalue weighted by Gasteiger charge is -2.23. The van der Waals surface area contributed by atoms with Crippen LogP contribution in [-0.2, 0) is 9.59 Å². The predicted molar refractivity (Wildman–Crippen MR) is 110 cm³/mol. The Morgan fingerprint density at radius 2 is 1.63 bits per heavy atom. The number of carbonyl (C=O) groups excluding carboxylic acids is 2. The summed E-state index contributed by atoms with van der Waals surface area (Å²) < 4.78 is 40.0. The number of hydrogen-bond acceptors (Lipinski definition) is 3. The highest BCUT2D eigenvalue weighted by molar-refractivity contribution is 5.98. The number of benzene rings is 3. The van der Waals surface area contributed by atoms with E-state index in [4.69, 9.17) is 0 Å². The van der Waals surface area contributed by atoms with E-state index in [-0.39, 0.29) is 12.5 Å². The molecule has 0 aromatic heterocycles. The van der Waals surface area contributed by atoms with Crippen molar-refractivity contribution in [2.24, 2.45) is 0 Å². The predicted octanol–water partition coefficient (Wildman–Crippen LogP) is 4.15. The van der Waals surface area contributed by atoms with E-state index in [1.165, 1.54) is 4.90 Å². The maximum atomic E-state index is 13.7. The lowest BCUT2D eigenvalue weighted by Crippen LogP contribution is -2.43. The normalized spacial score (nSPS) is 12.1. The minimum atomic E-state index is -1.66. The molecule has 8 heteroatoms. The minimum absolute atomic E-state index is 0.259. The van der Waals surface area contributed by atoms with E-state index in [2.05, 4.69) is 10.6 Å². The first kappa shape index (κ1) is 21.3. The van der Waals surface area contributed by atoms with Gasteiger partial charge in [0.15, 0.2) is 17.5 Å². The first-order chi connectivity index (χ1) is 14.3. The smallest absolute Gasteiger partial charge is 0.241 e. The van der Waals surface area contributed by atoms with Gasteiger partial charge in [0.05, 0.1) is 18.3 Å². The molecule has 0 heterocycles. The van der Waals surface area contributed by atoms with Crippen molar-refractivity contribution in [3.05, 3.63) is 72.0 Å². The van der Waals surface area contributed by atoms with Gasteiger partial charge < -0.3 is 10.6 Å². The molecule has 0 aliphatic rings. The van der Waals surface area contributed by atoms with Crippen LogP contribution >= 0.6 is 0 Å². The average Bonchev–Trinajstić information content (AvgIpc) is 2.73. The van der Waals surface area contributed by atoms with E-state index in [1.807, 2.05) is 36.4 Å². The SMILES string of the molecule is C[C@@H](C(=O)Nc1ccc2ccccc2c1)N(C)CC(=O)Nc1ccc(F)c(F)c1F. The highest BCUT2D eigenvalue weighted by atomic mass is 19.2. The maximum Gasteiger partial charge on any atom is 0.241 e. The van der Waals surface area contributed by atoms with Crippen molar-refractivity contribution in [1.29, 1.82) is 0 Å². The van der Waals surface area contributed by atoms with Gasteiger partial charge in [0.1, 0.15) is 0 Å². The molecule has 1 atom stereocenters. The van der Waals surface area contributed by atoms with Gasteiger partial charge in [-0.25, -0.2) is 13.2 Å². The second-order valence-electron chi connectivity index (χ2n) is 6.91.